The fraction of sp³-hybridized carbons (Fsp3) is 1.00. The lowest BCUT2D eigenvalue weighted by molar-refractivity contribution is -0.0852. The topological polar surface area (TPSA) is 61.8 Å². The van der Waals surface area contributed by atoms with E-state index < -0.39 is 16.1 Å². The number of rotatable bonds is 7. The summed E-state index contributed by atoms with van der Waals surface area (Å²) < 4.78 is 36.8. The highest BCUT2D eigenvalue weighted by molar-refractivity contribution is 7.91. The maximum absolute atomic E-state index is 11.3. The van der Waals surface area contributed by atoms with Crippen LogP contribution in [0.15, 0.2) is 0 Å². The molecule has 0 N–H and O–H groups in total. The Balaban J connectivity index is 4.00. The van der Waals surface area contributed by atoms with E-state index >= 15 is 0 Å². The number of sulfone groups is 1. The van der Waals surface area contributed by atoms with Crippen molar-refractivity contribution in [3.63, 3.8) is 0 Å². The smallest absolute Gasteiger partial charge is 0.170 e. The summed E-state index contributed by atoms with van der Waals surface area (Å²) in [5, 5.41) is 0. The molecular formula is C7H16O5S. The zero-order valence-electron chi connectivity index (χ0n) is 8.15. The molecule has 0 atom stereocenters. The van der Waals surface area contributed by atoms with Crippen molar-refractivity contribution in [1.82, 2.24) is 0 Å². The highest BCUT2D eigenvalue weighted by Gasteiger charge is 2.17. The average molecular weight is 212 g/mol. The minimum absolute atomic E-state index is 0.00722. The molecule has 0 heterocycles. The van der Waals surface area contributed by atoms with Crippen molar-refractivity contribution >= 4 is 9.84 Å². The number of hydrogen-bond acceptors (Lipinski definition) is 5. The van der Waals surface area contributed by atoms with Gasteiger partial charge in [-0.1, -0.05) is 0 Å². The van der Waals surface area contributed by atoms with E-state index in [2.05, 4.69) is 4.74 Å². The van der Waals surface area contributed by atoms with E-state index in [9.17, 15) is 8.42 Å². The van der Waals surface area contributed by atoms with Crippen LogP contribution in [-0.4, -0.2) is 54.1 Å². The third-order valence-electron chi connectivity index (χ3n) is 1.51. The van der Waals surface area contributed by atoms with E-state index in [1.165, 1.54) is 21.3 Å². The highest BCUT2D eigenvalue weighted by atomic mass is 32.2. The van der Waals surface area contributed by atoms with Gasteiger partial charge in [0.15, 0.2) is 16.1 Å². The Morgan fingerprint density at radius 1 is 1.15 bits per heavy atom. The van der Waals surface area contributed by atoms with Gasteiger partial charge < -0.3 is 14.2 Å². The van der Waals surface area contributed by atoms with Crippen LogP contribution in [0, 0.1) is 0 Å². The second kappa shape index (κ2) is 6.31. The van der Waals surface area contributed by atoms with Crippen molar-refractivity contribution < 1.29 is 22.6 Å². The van der Waals surface area contributed by atoms with E-state index in [0.29, 0.717) is 0 Å². The molecule has 0 amide bonds. The zero-order valence-corrected chi connectivity index (χ0v) is 8.96. The van der Waals surface area contributed by atoms with Crippen LogP contribution < -0.4 is 0 Å². The monoisotopic (exact) mass is 212 g/mol. The molecule has 0 aliphatic carbocycles. The molecule has 0 unspecified atom stereocenters. The molecule has 0 spiro atoms. The summed E-state index contributed by atoms with van der Waals surface area (Å²) >= 11 is 0. The van der Waals surface area contributed by atoms with Crippen molar-refractivity contribution in [3.05, 3.63) is 0 Å². The molecule has 0 aromatic heterocycles. The second-order valence-corrected chi connectivity index (χ2v) is 4.74. The van der Waals surface area contributed by atoms with Gasteiger partial charge in [-0.3, -0.25) is 0 Å². The molecule has 0 radical (unpaired) electrons. The molecular weight excluding hydrogens is 196 g/mol. The minimum atomic E-state index is -3.14. The standard InChI is InChI=1S/C7H16O5S/c1-10-4-5-13(8,9)6-7(11-2)12-3/h7H,4-6H2,1-3H3. The Hall–Kier alpha value is -0.170. The molecule has 0 aromatic rings. The molecule has 0 aromatic carbocycles. The summed E-state index contributed by atoms with van der Waals surface area (Å²) in [6.07, 6.45) is -0.693. The third-order valence-corrected chi connectivity index (χ3v) is 3.08. The molecule has 0 aliphatic rings. The van der Waals surface area contributed by atoms with Crippen molar-refractivity contribution in [3.8, 4) is 0 Å². The molecule has 0 aliphatic heterocycles. The Labute approximate surface area is 78.9 Å². The summed E-state index contributed by atoms with van der Waals surface area (Å²) in [4.78, 5) is 0. The molecule has 5 nitrogen and oxygen atoms in total. The zero-order chi connectivity index (χ0) is 10.3. The average Bonchev–Trinajstić information content (AvgIpc) is 2.11. The summed E-state index contributed by atoms with van der Waals surface area (Å²) in [7, 11) is 1.12. The van der Waals surface area contributed by atoms with E-state index in [1.807, 2.05) is 0 Å². The van der Waals surface area contributed by atoms with E-state index in [1.54, 1.807) is 0 Å². The maximum Gasteiger partial charge on any atom is 0.170 e. The van der Waals surface area contributed by atoms with Gasteiger partial charge in [0.1, 0.15) is 5.75 Å². The molecule has 0 rings (SSSR count). The van der Waals surface area contributed by atoms with Gasteiger partial charge in [0, 0.05) is 21.3 Å². The summed E-state index contributed by atoms with van der Waals surface area (Å²) in [6.45, 7) is 0.197. The summed E-state index contributed by atoms with van der Waals surface area (Å²) in [6, 6.07) is 0. The quantitative estimate of drug-likeness (QED) is 0.541. The largest absolute Gasteiger partial charge is 0.384 e. The van der Waals surface area contributed by atoms with Crippen molar-refractivity contribution in [2.75, 3.05) is 39.4 Å². The molecule has 0 saturated heterocycles. The number of hydrogen-bond donors (Lipinski definition) is 0. The van der Waals surface area contributed by atoms with Crippen LogP contribution in [0.3, 0.4) is 0 Å². The first-order valence-electron chi connectivity index (χ1n) is 3.80. The van der Waals surface area contributed by atoms with Gasteiger partial charge in [0.05, 0.1) is 12.4 Å². The van der Waals surface area contributed by atoms with Crippen molar-refractivity contribution in [1.29, 1.82) is 0 Å². The Kier molecular flexibility index (Phi) is 6.23. The molecule has 0 bridgehead atoms. The second-order valence-electron chi connectivity index (χ2n) is 2.51. The first-order chi connectivity index (χ1) is 6.05. The Morgan fingerprint density at radius 2 is 1.69 bits per heavy atom. The molecule has 13 heavy (non-hydrogen) atoms. The van der Waals surface area contributed by atoms with Gasteiger partial charge in [-0.25, -0.2) is 8.42 Å². The highest BCUT2D eigenvalue weighted by Crippen LogP contribution is 1.99. The van der Waals surface area contributed by atoms with Gasteiger partial charge in [-0.05, 0) is 0 Å². The van der Waals surface area contributed by atoms with Crippen LogP contribution in [0.2, 0.25) is 0 Å². The van der Waals surface area contributed by atoms with E-state index in [-0.39, 0.29) is 18.1 Å². The maximum atomic E-state index is 11.3. The van der Waals surface area contributed by atoms with Crippen LogP contribution >= 0.6 is 0 Å². The van der Waals surface area contributed by atoms with Gasteiger partial charge >= 0.3 is 0 Å². The SMILES string of the molecule is COCCS(=O)(=O)CC(OC)OC. The van der Waals surface area contributed by atoms with Crippen LogP contribution in [0.25, 0.3) is 0 Å². The fourth-order valence-electron chi connectivity index (χ4n) is 0.733. The minimum Gasteiger partial charge on any atom is -0.384 e. The first kappa shape index (κ1) is 12.8. The predicted octanol–water partition coefficient (Wildman–Crippen LogP) is -0.333. The van der Waals surface area contributed by atoms with Gasteiger partial charge in [-0.15, -0.1) is 0 Å². The van der Waals surface area contributed by atoms with Gasteiger partial charge in [-0.2, -0.15) is 0 Å². The molecule has 6 heteroatoms. The van der Waals surface area contributed by atoms with Crippen LogP contribution in [-0.2, 0) is 24.0 Å². The van der Waals surface area contributed by atoms with Crippen molar-refractivity contribution in [2.45, 2.75) is 6.29 Å². The molecule has 0 fully saturated rings. The number of methoxy groups -OCH3 is 3. The Morgan fingerprint density at radius 3 is 2.08 bits per heavy atom. The van der Waals surface area contributed by atoms with Crippen LogP contribution in [0.5, 0.6) is 0 Å². The summed E-state index contributed by atoms with van der Waals surface area (Å²) in [5.74, 6) is -0.143. The van der Waals surface area contributed by atoms with Crippen LogP contribution in [0.4, 0.5) is 0 Å². The normalized spacial score (nSPS) is 12.3. The lowest BCUT2D eigenvalue weighted by atomic mass is 10.7. The molecule has 0 saturated carbocycles. The van der Waals surface area contributed by atoms with E-state index in [4.69, 9.17) is 9.47 Å². The third kappa shape index (κ3) is 5.98. The lowest BCUT2D eigenvalue weighted by Crippen LogP contribution is -2.27. The van der Waals surface area contributed by atoms with Gasteiger partial charge in [0.25, 0.3) is 0 Å². The Bertz CT molecular complexity index is 207. The fourth-order valence-corrected chi connectivity index (χ4v) is 2.01. The summed E-state index contributed by atoms with van der Waals surface area (Å²) in [5.41, 5.74) is 0. The van der Waals surface area contributed by atoms with Gasteiger partial charge in [0.2, 0.25) is 0 Å². The van der Waals surface area contributed by atoms with Crippen LogP contribution in [0.1, 0.15) is 0 Å². The van der Waals surface area contributed by atoms with Crippen molar-refractivity contribution in [2.24, 2.45) is 0 Å². The lowest BCUT2D eigenvalue weighted by Gasteiger charge is -2.12. The molecule has 80 valence electrons. The first-order valence-corrected chi connectivity index (χ1v) is 5.63. The van der Waals surface area contributed by atoms with E-state index in [0.717, 1.165) is 0 Å². The predicted molar refractivity (Wildman–Crippen MR) is 48.3 cm³/mol. The number of ether oxygens (including phenoxy) is 3.